The van der Waals surface area contributed by atoms with Crippen LogP contribution in [0.2, 0.25) is 0 Å². The number of urea groups is 1. The summed E-state index contributed by atoms with van der Waals surface area (Å²) in [6.07, 6.45) is 4.76. The lowest BCUT2D eigenvalue weighted by Gasteiger charge is -2.27. The minimum absolute atomic E-state index is 0.0705. The normalized spacial score (nSPS) is 22.8. The SMILES string of the molecule is O=C(O)CCCNC(=O)NC[C@H]1CCC[C@@H](CO)C1. The topological polar surface area (TPSA) is 98.7 Å². The predicted molar refractivity (Wildman–Crippen MR) is 70.8 cm³/mol. The van der Waals surface area contributed by atoms with Gasteiger partial charge in [0.1, 0.15) is 0 Å². The number of aliphatic hydroxyl groups excluding tert-OH is 1. The molecule has 0 radical (unpaired) electrons. The molecule has 0 spiro atoms. The summed E-state index contributed by atoms with van der Waals surface area (Å²) in [6.45, 7) is 1.24. The van der Waals surface area contributed by atoms with Crippen molar-refractivity contribution >= 4 is 12.0 Å². The Kier molecular flexibility index (Phi) is 7.25. The average Bonchev–Trinajstić information content (AvgIpc) is 2.41. The molecule has 0 aromatic heterocycles. The monoisotopic (exact) mass is 272 g/mol. The summed E-state index contributed by atoms with van der Waals surface area (Å²) in [5, 5.41) is 23.0. The number of nitrogens with one attached hydrogen (secondary N) is 2. The summed E-state index contributed by atoms with van der Waals surface area (Å²) < 4.78 is 0. The molecule has 0 aromatic carbocycles. The Balaban J connectivity index is 2.07. The molecule has 2 atom stereocenters. The summed E-state index contributed by atoms with van der Waals surface area (Å²) in [5.41, 5.74) is 0. The summed E-state index contributed by atoms with van der Waals surface area (Å²) in [6, 6.07) is -0.239. The molecule has 1 saturated carbocycles. The molecule has 0 saturated heterocycles. The molecule has 0 aromatic rings. The first kappa shape index (κ1) is 15.8. The Morgan fingerprint density at radius 1 is 1.16 bits per heavy atom. The van der Waals surface area contributed by atoms with Crippen molar-refractivity contribution in [1.82, 2.24) is 10.6 Å². The Hall–Kier alpha value is -1.30. The van der Waals surface area contributed by atoms with E-state index in [0.29, 0.717) is 31.3 Å². The van der Waals surface area contributed by atoms with Crippen molar-refractivity contribution < 1.29 is 19.8 Å². The lowest BCUT2D eigenvalue weighted by Crippen LogP contribution is -2.39. The first-order valence-electron chi connectivity index (χ1n) is 6.96. The van der Waals surface area contributed by atoms with Crippen LogP contribution in [0.15, 0.2) is 0 Å². The number of amides is 2. The van der Waals surface area contributed by atoms with Gasteiger partial charge in [0, 0.05) is 26.1 Å². The maximum atomic E-state index is 11.5. The highest BCUT2D eigenvalue weighted by atomic mass is 16.4. The minimum Gasteiger partial charge on any atom is -0.481 e. The molecule has 2 amide bonds. The van der Waals surface area contributed by atoms with Crippen molar-refractivity contribution in [3.8, 4) is 0 Å². The molecule has 0 aliphatic heterocycles. The van der Waals surface area contributed by atoms with E-state index in [9.17, 15) is 9.59 Å². The maximum Gasteiger partial charge on any atom is 0.314 e. The van der Waals surface area contributed by atoms with Crippen LogP contribution in [0.25, 0.3) is 0 Å². The quantitative estimate of drug-likeness (QED) is 0.518. The van der Waals surface area contributed by atoms with Crippen LogP contribution >= 0.6 is 0 Å². The van der Waals surface area contributed by atoms with E-state index in [1.807, 2.05) is 0 Å². The number of carboxylic acids is 1. The molecule has 1 aliphatic rings. The average molecular weight is 272 g/mol. The largest absolute Gasteiger partial charge is 0.481 e. The van der Waals surface area contributed by atoms with Crippen LogP contribution in [0, 0.1) is 11.8 Å². The Morgan fingerprint density at radius 2 is 1.89 bits per heavy atom. The number of carbonyl (C=O) groups excluding carboxylic acids is 1. The van der Waals surface area contributed by atoms with Crippen LogP contribution in [0.3, 0.4) is 0 Å². The Labute approximate surface area is 113 Å². The van der Waals surface area contributed by atoms with E-state index in [-0.39, 0.29) is 19.1 Å². The molecule has 4 N–H and O–H groups in total. The second-order valence-electron chi connectivity index (χ2n) is 5.22. The van der Waals surface area contributed by atoms with Crippen molar-refractivity contribution in [3.63, 3.8) is 0 Å². The van der Waals surface area contributed by atoms with Gasteiger partial charge in [-0.15, -0.1) is 0 Å². The van der Waals surface area contributed by atoms with E-state index < -0.39 is 5.97 Å². The van der Waals surface area contributed by atoms with Crippen molar-refractivity contribution in [2.24, 2.45) is 11.8 Å². The number of aliphatic hydroxyl groups is 1. The third-order valence-corrected chi connectivity index (χ3v) is 3.55. The van der Waals surface area contributed by atoms with Gasteiger partial charge in [0.25, 0.3) is 0 Å². The van der Waals surface area contributed by atoms with Gasteiger partial charge in [0.15, 0.2) is 0 Å². The van der Waals surface area contributed by atoms with Crippen LogP contribution in [0.4, 0.5) is 4.79 Å². The van der Waals surface area contributed by atoms with E-state index >= 15 is 0 Å². The maximum absolute atomic E-state index is 11.5. The first-order chi connectivity index (χ1) is 9.11. The zero-order valence-electron chi connectivity index (χ0n) is 11.2. The number of carboxylic acid groups (broad SMARTS) is 1. The summed E-state index contributed by atoms with van der Waals surface area (Å²) in [7, 11) is 0. The van der Waals surface area contributed by atoms with Crippen LogP contribution in [-0.4, -0.2) is 41.9 Å². The molecule has 0 bridgehead atoms. The Morgan fingerprint density at radius 3 is 2.58 bits per heavy atom. The third kappa shape index (κ3) is 7.00. The van der Waals surface area contributed by atoms with Gasteiger partial charge < -0.3 is 20.8 Å². The molecule has 1 fully saturated rings. The van der Waals surface area contributed by atoms with Crippen LogP contribution in [0.5, 0.6) is 0 Å². The summed E-state index contributed by atoms with van der Waals surface area (Å²) in [4.78, 5) is 21.7. The number of rotatable bonds is 7. The fourth-order valence-electron chi connectivity index (χ4n) is 2.49. The molecule has 1 aliphatic carbocycles. The highest BCUT2D eigenvalue weighted by molar-refractivity contribution is 5.73. The van der Waals surface area contributed by atoms with Crippen molar-refractivity contribution in [1.29, 1.82) is 0 Å². The van der Waals surface area contributed by atoms with Crippen LogP contribution < -0.4 is 10.6 Å². The Bertz CT molecular complexity index is 296. The number of carbonyl (C=O) groups is 2. The molecular weight excluding hydrogens is 248 g/mol. The van der Waals surface area contributed by atoms with E-state index in [4.69, 9.17) is 10.2 Å². The van der Waals surface area contributed by atoms with Gasteiger partial charge in [-0.3, -0.25) is 4.79 Å². The highest BCUT2D eigenvalue weighted by Gasteiger charge is 2.21. The van der Waals surface area contributed by atoms with Gasteiger partial charge in [-0.25, -0.2) is 4.79 Å². The first-order valence-corrected chi connectivity index (χ1v) is 6.96. The molecule has 0 unspecified atom stereocenters. The van der Waals surface area contributed by atoms with Crippen LogP contribution in [0.1, 0.15) is 38.5 Å². The standard InChI is InChI=1S/C13H24N2O4/c16-9-11-4-1-3-10(7-11)8-15-13(19)14-6-2-5-12(17)18/h10-11,16H,1-9H2,(H,17,18)(H2,14,15,19)/t10-,11+/m0/s1. The number of hydrogen-bond acceptors (Lipinski definition) is 3. The number of aliphatic carboxylic acids is 1. The van der Waals surface area contributed by atoms with Crippen LogP contribution in [-0.2, 0) is 4.79 Å². The van der Waals surface area contributed by atoms with Gasteiger partial charge >= 0.3 is 12.0 Å². The van der Waals surface area contributed by atoms with Gasteiger partial charge in [-0.05, 0) is 37.5 Å². The van der Waals surface area contributed by atoms with E-state index in [2.05, 4.69) is 10.6 Å². The third-order valence-electron chi connectivity index (χ3n) is 3.55. The molecule has 19 heavy (non-hydrogen) atoms. The molecular formula is C13H24N2O4. The molecule has 110 valence electrons. The molecule has 6 nitrogen and oxygen atoms in total. The predicted octanol–water partition coefficient (Wildman–Crippen LogP) is 0.949. The van der Waals surface area contributed by atoms with Gasteiger partial charge in [-0.2, -0.15) is 0 Å². The lowest BCUT2D eigenvalue weighted by atomic mass is 9.82. The smallest absolute Gasteiger partial charge is 0.314 e. The van der Waals surface area contributed by atoms with Gasteiger partial charge in [0.05, 0.1) is 0 Å². The second kappa shape index (κ2) is 8.74. The fourth-order valence-corrected chi connectivity index (χ4v) is 2.49. The molecule has 1 rings (SSSR count). The number of hydrogen-bond donors (Lipinski definition) is 4. The molecule has 6 heteroatoms. The zero-order valence-corrected chi connectivity index (χ0v) is 11.2. The van der Waals surface area contributed by atoms with Crippen molar-refractivity contribution in [2.75, 3.05) is 19.7 Å². The van der Waals surface area contributed by atoms with Gasteiger partial charge in [-0.1, -0.05) is 6.42 Å². The minimum atomic E-state index is -0.848. The van der Waals surface area contributed by atoms with Crippen molar-refractivity contribution in [3.05, 3.63) is 0 Å². The van der Waals surface area contributed by atoms with E-state index in [1.54, 1.807) is 0 Å². The van der Waals surface area contributed by atoms with Gasteiger partial charge in [0.2, 0.25) is 0 Å². The zero-order chi connectivity index (χ0) is 14.1. The molecule has 0 heterocycles. The van der Waals surface area contributed by atoms with E-state index in [1.165, 1.54) is 0 Å². The lowest BCUT2D eigenvalue weighted by molar-refractivity contribution is -0.137. The fraction of sp³-hybridized carbons (Fsp3) is 0.846. The second-order valence-corrected chi connectivity index (χ2v) is 5.22. The van der Waals surface area contributed by atoms with E-state index in [0.717, 1.165) is 25.7 Å². The summed E-state index contributed by atoms with van der Waals surface area (Å²) >= 11 is 0. The van der Waals surface area contributed by atoms with Crippen molar-refractivity contribution in [2.45, 2.75) is 38.5 Å². The summed E-state index contributed by atoms with van der Waals surface area (Å²) in [5.74, 6) is -0.0330. The highest BCUT2D eigenvalue weighted by Crippen LogP contribution is 2.27.